The van der Waals surface area contributed by atoms with E-state index in [0.717, 1.165) is 36.8 Å². The molecule has 1 saturated carbocycles. The zero-order chi connectivity index (χ0) is 16.1. The zero-order valence-corrected chi connectivity index (χ0v) is 13.9. The molecule has 0 bridgehead atoms. The Morgan fingerprint density at radius 1 is 0.957 bits per heavy atom. The number of rotatable bonds is 5. The molecule has 0 heterocycles. The fourth-order valence-electron chi connectivity index (χ4n) is 3.52. The van der Waals surface area contributed by atoms with Crippen LogP contribution in [0.2, 0.25) is 0 Å². The molecule has 0 N–H and O–H groups in total. The number of carbonyl (C=O) groups excluding carboxylic acids is 1. The molecule has 2 nitrogen and oxygen atoms in total. The molecule has 2 aromatic carbocycles. The molecular weight excluding hydrogens is 282 g/mol. The van der Waals surface area contributed by atoms with Gasteiger partial charge in [0, 0.05) is 18.7 Å². The van der Waals surface area contributed by atoms with Gasteiger partial charge in [-0.25, -0.2) is 0 Å². The number of nitrogens with zero attached hydrogens (tertiary/aromatic N) is 1. The van der Waals surface area contributed by atoms with Gasteiger partial charge in [-0.05, 0) is 42.9 Å². The van der Waals surface area contributed by atoms with Gasteiger partial charge in [0.2, 0.25) is 0 Å². The molecule has 1 aliphatic rings. The Hall–Kier alpha value is -2.09. The minimum Gasteiger partial charge on any atom is -0.339 e. The summed E-state index contributed by atoms with van der Waals surface area (Å²) in [5, 5.41) is 0. The van der Waals surface area contributed by atoms with E-state index >= 15 is 0 Å². The fourth-order valence-corrected chi connectivity index (χ4v) is 3.52. The van der Waals surface area contributed by atoms with Crippen molar-refractivity contribution in [1.82, 2.24) is 4.90 Å². The van der Waals surface area contributed by atoms with Gasteiger partial charge in [-0.1, -0.05) is 61.4 Å². The van der Waals surface area contributed by atoms with E-state index in [4.69, 9.17) is 0 Å². The average Bonchev–Trinajstić information content (AvgIpc) is 3.14. The molecule has 120 valence electrons. The lowest BCUT2D eigenvalue weighted by atomic mass is 9.98. The minimum atomic E-state index is 0.181. The first-order valence-electron chi connectivity index (χ1n) is 8.64. The van der Waals surface area contributed by atoms with Gasteiger partial charge in [0.1, 0.15) is 0 Å². The van der Waals surface area contributed by atoms with Crippen LogP contribution in [0.4, 0.5) is 0 Å². The van der Waals surface area contributed by atoms with Crippen LogP contribution in [0.1, 0.15) is 47.2 Å². The Morgan fingerprint density at radius 2 is 1.61 bits per heavy atom. The van der Waals surface area contributed by atoms with Gasteiger partial charge >= 0.3 is 0 Å². The Kier molecular flexibility index (Phi) is 5.12. The summed E-state index contributed by atoms with van der Waals surface area (Å²) >= 11 is 0. The lowest BCUT2D eigenvalue weighted by Crippen LogP contribution is -2.35. The second-order valence-electron chi connectivity index (χ2n) is 6.50. The van der Waals surface area contributed by atoms with Crippen molar-refractivity contribution in [3.05, 3.63) is 71.3 Å². The average molecular weight is 307 g/mol. The van der Waals surface area contributed by atoms with E-state index in [9.17, 15) is 4.79 Å². The van der Waals surface area contributed by atoms with E-state index in [1.807, 2.05) is 36.2 Å². The first-order chi connectivity index (χ1) is 11.3. The summed E-state index contributed by atoms with van der Waals surface area (Å²) in [5.41, 5.74) is 3.35. The van der Waals surface area contributed by atoms with Crippen LogP contribution in [0.3, 0.4) is 0 Å². The van der Waals surface area contributed by atoms with Crippen LogP contribution in [0.5, 0.6) is 0 Å². The summed E-state index contributed by atoms with van der Waals surface area (Å²) in [5.74, 6) is 0.181. The van der Waals surface area contributed by atoms with Gasteiger partial charge in [0.05, 0.1) is 0 Å². The summed E-state index contributed by atoms with van der Waals surface area (Å²) in [7, 11) is 1.96. The monoisotopic (exact) mass is 307 g/mol. The number of amides is 1. The summed E-state index contributed by atoms with van der Waals surface area (Å²) in [4.78, 5) is 14.9. The summed E-state index contributed by atoms with van der Waals surface area (Å²) in [6, 6.07) is 19.0. The highest BCUT2D eigenvalue weighted by atomic mass is 16.2. The van der Waals surface area contributed by atoms with Gasteiger partial charge in [-0.15, -0.1) is 0 Å². The predicted octanol–water partition coefficient (Wildman–Crippen LogP) is 4.49. The second-order valence-corrected chi connectivity index (χ2v) is 6.50. The largest absolute Gasteiger partial charge is 0.339 e. The number of aryl methyl sites for hydroxylation is 2. The van der Waals surface area contributed by atoms with Crippen molar-refractivity contribution in [3.8, 4) is 0 Å². The molecule has 23 heavy (non-hydrogen) atoms. The molecular formula is C21H25NO. The van der Waals surface area contributed by atoms with Crippen LogP contribution in [0, 0.1) is 0 Å². The summed E-state index contributed by atoms with van der Waals surface area (Å²) in [6.45, 7) is 0. The predicted molar refractivity (Wildman–Crippen MR) is 94.6 cm³/mol. The molecule has 0 radical (unpaired) electrons. The van der Waals surface area contributed by atoms with E-state index in [-0.39, 0.29) is 5.91 Å². The second kappa shape index (κ2) is 7.45. The van der Waals surface area contributed by atoms with E-state index in [1.165, 1.54) is 18.4 Å². The van der Waals surface area contributed by atoms with Gasteiger partial charge in [0.15, 0.2) is 0 Å². The highest BCUT2D eigenvalue weighted by molar-refractivity contribution is 5.95. The minimum absolute atomic E-state index is 0.181. The van der Waals surface area contributed by atoms with Gasteiger partial charge < -0.3 is 4.90 Å². The van der Waals surface area contributed by atoms with Crippen LogP contribution in [0.15, 0.2) is 54.6 Å². The fraction of sp³-hybridized carbons (Fsp3) is 0.381. The van der Waals surface area contributed by atoms with Crippen molar-refractivity contribution in [2.75, 3.05) is 7.05 Å². The smallest absolute Gasteiger partial charge is 0.254 e. The zero-order valence-electron chi connectivity index (χ0n) is 13.9. The van der Waals surface area contributed by atoms with Crippen molar-refractivity contribution in [1.29, 1.82) is 0 Å². The molecule has 1 amide bonds. The van der Waals surface area contributed by atoms with Crippen LogP contribution in [-0.4, -0.2) is 23.9 Å². The topological polar surface area (TPSA) is 20.3 Å². The van der Waals surface area contributed by atoms with Crippen molar-refractivity contribution in [3.63, 3.8) is 0 Å². The maximum absolute atomic E-state index is 12.9. The van der Waals surface area contributed by atoms with Crippen LogP contribution in [0.25, 0.3) is 0 Å². The first-order valence-corrected chi connectivity index (χ1v) is 8.64. The van der Waals surface area contributed by atoms with Gasteiger partial charge in [0.25, 0.3) is 5.91 Å². The Morgan fingerprint density at radius 3 is 2.35 bits per heavy atom. The molecule has 0 spiro atoms. The number of carbonyl (C=O) groups is 1. The molecule has 0 unspecified atom stereocenters. The number of hydrogen-bond donors (Lipinski definition) is 0. The van der Waals surface area contributed by atoms with Crippen molar-refractivity contribution < 1.29 is 4.79 Å². The molecule has 0 aromatic heterocycles. The van der Waals surface area contributed by atoms with E-state index in [1.54, 1.807) is 0 Å². The molecule has 2 aromatic rings. The third-order valence-corrected chi connectivity index (χ3v) is 4.97. The van der Waals surface area contributed by atoms with E-state index in [0.29, 0.717) is 6.04 Å². The lowest BCUT2D eigenvalue weighted by molar-refractivity contribution is 0.0734. The molecule has 1 aliphatic carbocycles. The van der Waals surface area contributed by atoms with E-state index in [2.05, 4.69) is 30.3 Å². The van der Waals surface area contributed by atoms with Crippen molar-refractivity contribution in [2.45, 2.75) is 44.6 Å². The van der Waals surface area contributed by atoms with Crippen LogP contribution >= 0.6 is 0 Å². The maximum atomic E-state index is 12.9. The van der Waals surface area contributed by atoms with Gasteiger partial charge in [-0.2, -0.15) is 0 Å². The lowest BCUT2D eigenvalue weighted by Gasteiger charge is -2.25. The summed E-state index contributed by atoms with van der Waals surface area (Å²) < 4.78 is 0. The molecule has 0 aliphatic heterocycles. The maximum Gasteiger partial charge on any atom is 0.254 e. The standard InChI is InChI=1S/C21H25NO/c1-22(19-12-6-7-13-19)21(23)20-14-8-5-11-18(20)16-15-17-9-3-2-4-10-17/h2-5,8-11,14,19H,6-7,12-13,15-16H2,1H3. The normalized spacial score (nSPS) is 14.8. The quantitative estimate of drug-likeness (QED) is 0.797. The molecule has 0 saturated heterocycles. The molecule has 0 atom stereocenters. The number of benzene rings is 2. The van der Waals surface area contributed by atoms with Crippen molar-refractivity contribution >= 4 is 5.91 Å². The Labute approximate surface area is 139 Å². The van der Waals surface area contributed by atoms with Crippen LogP contribution < -0.4 is 0 Å². The van der Waals surface area contributed by atoms with Crippen molar-refractivity contribution in [2.24, 2.45) is 0 Å². The third kappa shape index (κ3) is 3.82. The molecule has 1 fully saturated rings. The third-order valence-electron chi connectivity index (χ3n) is 4.97. The van der Waals surface area contributed by atoms with E-state index < -0.39 is 0 Å². The highest BCUT2D eigenvalue weighted by Gasteiger charge is 2.25. The molecule has 2 heteroatoms. The first kappa shape index (κ1) is 15.8. The Balaban J connectivity index is 1.73. The summed E-state index contributed by atoms with van der Waals surface area (Å²) in [6.07, 6.45) is 6.67. The Bertz CT molecular complexity index is 644. The molecule has 3 rings (SSSR count). The SMILES string of the molecule is CN(C(=O)c1ccccc1CCc1ccccc1)C1CCCC1. The van der Waals surface area contributed by atoms with Gasteiger partial charge in [-0.3, -0.25) is 4.79 Å². The van der Waals surface area contributed by atoms with Crippen LogP contribution in [-0.2, 0) is 12.8 Å². The highest BCUT2D eigenvalue weighted by Crippen LogP contribution is 2.24. The number of hydrogen-bond acceptors (Lipinski definition) is 1.